The number of nitrogens with zero attached hydrogens (tertiary/aromatic N) is 1. The van der Waals surface area contributed by atoms with Crippen molar-refractivity contribution in [1.29, 1.82) is 0 Å². The molecule has 4 rings (SSSR count). The van der Waals surface area contributed by atoms with Gasteiger partial charge in [-0.25, -0.2) is 4.79 Å². The molecule has 0 atom stereocenters. The van der Waals surface area contributed by atoms with Crippen molar-refractivity contribution in [3.05, 3.63) is 93.6 Å². The summed E-state index contributed by atoms with van der Waals surface area (Å²) >= 11 is 12.0. The van der Waals surface area contributed by atoms with E-state index in [-0.39, 0.29) is 0 Å². The van der Waals surface area contributed by atoms with Crippen LogP contribution in [0.4, 0.5) is 0 Å². The zero-order valence-electron chi connectivity index (χ0n) is 14.0. The molecular weight excluding hydrogens is 385 g/mol. The Morgan fingerprint density at radius 3 is 2.56 bits per heavy atom. The number of carbonyl (C=O) groups is 1. The first-order valence-electron chi connectivity index (χ1n) is 8.19. The summed E-state index contributed by atoms with van der Waals surface area (Å²) in [7, 11) is 0. The zero-order chi connectivity index (χ0) is 18.8. The molecule has 6 heteroatoms. The molecule has 0 unspecified atom stereocenters. The molecule has 0 bridgehead atoms. The van der Waals surface area contributed by atoms with Gasteiger partial charge < -0.3 is 9.26 Å². The molecule has 4 aromatic rings. The predicted octanol–water partition coefficient (Wildman–Crippen LogP) is 5.94. The lowest BCUT2D eigenvalue weighted by molar-refractivity contribution is 0.0735. The summed E-state index contributed by atoms with van der Waals surface area (Å²) < 4.78 is 10.8. The number of halogens is 2. The number of esters is 1. The molecule has 1 aromatic heterocycles. The maximum Gasteiger partial charge on any atom is 0.345 e. The smallest absolute Gasteiger partial charge is 0.345 e. The van der Waals surface area contributed by atoms with Crippen molar-refractivity contribution in [3.63, 3.8) is 0 Å². The first-order valence-corrected chi connectivity index (χ1v) is 8.95. The number of carbonyl (C=O) groups excluding carboxylic acids is 1. The van der Waals surface area contributed by atoms with E-state index >= 15 is 0 Å². The summed E-state index contributed by atoms with van der Waals surface area (Å²) in [5, 5.41) is 6.03. The normalized spacial score (nSPS) is 10.9. The van der Waals surface area contributed by atoms with Gasteiger partial charge in [-0.05, 0) is 42.0 Å². The van der Waals surface area contributed by atoms with Gasteiger partial charge >= 0.3 is 5.97 Å². The fourth-order valence-electron chi connectivity index (χ4n) is 2.75. The number of hydrogen-bond acceptors (Lipinski definition) is 4. The minimum absolute atomic E-state index is 0.306. The van der Waals surface area contributed by atoms with E-state index < -0.39 is 5.97 Å². The first-order chi connectivity index (χ1) is 13.1. The molecule has 0 saturated carbocycles. The fraction of sp³-hybridized carbons (Fsp3) is 0.0476. The summed E-state index contributed by atoms with van der Waals surface area (Å²) in [6.45, 7) is 0. The van der Waals surface area contributed by atoms with Crippen LogP contribution in [0, 0.1) is 0 Å². The van der Waals surface area contributed by atoms with Crippen LogP contribution in [0.15, 0.2) is 71.3 Å². The summed E-state index contributed by atoms with van der Waals surface area (Å²) in [5.74, 6) is -0.164. The second-order valence-electron chi connectivity index (χ2n) is 5.96. The molecule has 0 aliphatic carbocycles. The fourth-order valence-corrected chi connectivity index (χ4v) is 3.08. The second-order valence-corrected chi connectivity index (χ2v) is 6.80. The predicted molar refractivity (Wildman–Crippen MR) is 105 cm³/mol. The van der Waals surface area contributed by atoms with Crippen LogP contribution in [-0.4, -0.2) is 11.1 Å². The molecule has 0 radical (unpaired) electrons. The third-order valence-corrected chi connectivity index (χ3v) is 4.69. The Balaban J connectivity index is 1.56. The highest BCUT2D eigenvalue weighted by Gasteiger charge is 2.15. The lowest BCUT2D eigenvalue weighted by Gasteiger charge is -2.05. The van der Waals surface area contributed by atoms with Gasteiger partial charge in [0.2, 0.25) is 0 Å². The monoisotopic (exact) mass is 397 g/mol. The topological polar surface area (TPSA) is 52.3 Å². The number of fused-ring (bicyclic) bond motifs is 1. The largest absolute Gasteiger partial charge is 0.423 e. The number of benzene rings is 3. The Bertz CT molecular complexity index is 1120. The minimum atomic E-state index is -0.527. The molecule has 3 aromatic carbocycles. The first kappa shape index (κ1) is 17.6. The molecule has 0 saturated heterocycles. The highest BCUT2D eigenvalue weighted by Crippen LogP contribution is 2.27. The van der Waals surface area contributed by atoms with Crippen LogP contribution in [0.5, 0.6) is 5.75 Å². The minimum Gasteiger partial charge on any atom is -0.423 e. The van der Waals surface area contributed by atoms with E-state index in [1.807, 2.05) is 30.3 Å². The lowest BCUT2D eigenvalue weighted by Crippen LogP contribution is -2.08. The standard InChI is InChI=1S/C21H13Cl2NO3/c22-14-7-5-13(6-8-14)11-19-17-10-9-15(12-20(17)27-24-19)26-21(25)16-3-1-2-4-18(16)23/h1-10,12H,11H2. The third-order valence-electron chi connectivity index (χ3n) is 4.11. The maximum atomic E-state index is 12.3. The number of rotatable bonds is 4. The van der Waals surface area contributed by atoms with Crippen LogP contribution in [0.2, 0.25) is 10.0 Å². The quantitative estimate of drug-likeness (QED) is 0.315. The summed E-state index contributed by atoms with van der Waals surface area (Å²) in [6.07, 6.45) is 0.614. The molecule has 0 amide bonds. The van der Waals surface area contributed by atoms with Crippen molar-refractivity contribution >= 4 is 40.1 Å². The molecule has 0 aliphatic rings. The van der Waals surface area contributed by atoms with Crippen molar-refractivity contribution in [2.75, 3.05) is 0 Å². The van der Waals surface area contributed by atoms with E-state index in [1.54, 1.807) is 36.4 Å². The van der Waals surface area contributed by atoms with Crippen molar-refractivity contribution in [2.24, 2.45) is 0 Å². The average molecular weight is 398 g/mol. The highest BCUT2D eigenvalue weighted by molar-refractivity contribution is 6.33. The summed E-state index contributed by atoms with van der Waals surface area (Å²) in [5.41, 5.74) is 2.73. The van der Waals surface area contributed by atoms with Gasteiger partial charge in [0.1, 0.15) is 5.75 Å². The molecule has 0 fully saturated rings. The molecule has 0 spiro atoms. The van der Waals surface area contributed by atoms with Crippen LogP contribution < -0.4 is 4.74 Å². The molecule has 134 valence electrons. The molecule has 4 nitrogen and oxygen atoms in total. The number of aromatic nitrogens is 1. The third kappa shape index (κ3) is 3.82. The average Bonchev–Trinajstić information content (AvgIpc) is 3.06. The van der Waals surface area contributed by atoms with E-state index in [0.29, 0.717) is 33.4 Å². The van der Waals surface area contributed by atoms with E-state index in [9.17, 15) is 4.79 Å². The van der Waals surface area contributed by atoms with Gasteiger partial charge in [-0.1, -0.05) is 52.6 Å². The van der Waals surface area contributed by atoms with E-state index in [4.69, 9.17) is 32.5 Å². The Hall–Kier alpha value is -2.82. The number of hydrogen-bond donors (Lipinski definition) is 0. The Morgan fingerprint density at radius 2 is 1.78 bits per heavy atom. The van der Waals surface area contributed by atoms with Gasteiger partial charge in [0.25, 0.3) is 0 Å². The summed E-state index contributed by atoms with van der Waals surface area (Å²) in [4.78, 5) is 12.3. The second kappa shape index (κ2) is 7.43. The van der Waals surface area contributed by atoms with Crippen LogP contribution in [-0.2, 0) is 6.42 Å². The van der Waals surface area contributed by atoms with Gasteiger partial charge in [-0.15, -0.1) is 0 Å². The molecular formula is C21H13Cl2NO3. The summed E-state index contributed by atoms with van der Waals surface area (Å²) in [6, 6.07) is 19.5. The Kier molecular flexibility index (Phi) is 4.84. The van der Waals surface area contributed by atoms with Crippen LogP contribution in [0.1, 0.15) is 21.6 Å². The van der Waals surface area contributed by atoms with Gasteiger partial charge in [-0.3, -0.25) is 0 Å². The van der Waals surface area contributed by atoms with E-state index in [1.165, 1.54) is 0 Å². The maximum absolute atomic E-state index is 12.3. The Labute approximate surface area is 165 Å². The van der Waals surface area contributed by atoms with E-state index in [2.05, 4.69) is 5.16 Å². The van der Waals surface area contributed by atoms with Crippen molar-refractivity contribution < 1.29 is 14.1 Å². The van der Waals surface area contributed by atoms with Crippen molar-refractivity contribution in [1.82, 2.24) is 5.16 Å². The van der Waals surface area contributed by atoms with Crippen molar-refractivity contribution in [2.45, 2.75) is 6.42 Å². The highest BCUT2D eigenvalue weighted by atomic mass is 35.5. The zero-order valence-corrected chi connectivity index (χ0v) is 15.5. The van der Waals surface area contributed by atoms with Gasteiger partial charge in [0.05, 0.1) is 16.3 Å². The SMILES string of the molecule is O=C(Oc1ccc2c(Cc3ccc(Cl)cc3)noc2c1)c1ccccc1Cl. The van der Waals surface area contributed by atoms with Crippen LogP contribution in [0.25, 0.3) is 11.0 Å². The van der Waals surface area contributed by atoms with Gasteiger partial charge in [0, 0.05) is 22.9 Å². The molecule has 0 aliphatic heterocycles. The molecule has 1 heterocycles. The Morgan fingerprint density at radius 1 is 1.00 bits per heavy atom. The van der Waals surface area contributed by atoms with Crippen LogP contribution >= 0.6 is 23.2 Å². The van der Waals surface area contributed by atoms with Gasteiger partial charge in [0.15, 0.2) is 5.58 Å². The number of ether oxygens (including phenoxy) is 1. The van der Waals surface area contributed by atoms with E-state index in [0.717, 1.165) is 16.6 Å². The lowest BCUT2D eigenvalue weighted by atomic mass is 10.1. The van der Waals surface area contributed by atoms with Crippen LogP contribution in [0.3, 0.4) is 0 Å². The molecule has 27 heavy (non-hydrogen) atoms. The van der Waals surface area contributed by atoms with Crippen molar-refractivity contribution in [3.8, 4) is 5.75 Å². The van der Waals surface area contributed by atoms with Gasteiger partial charge in [-0.2, -0.15) is 0 Å². The molecule has 0 N–H and O–H groups in total.